The number of ether oxygens (including phenoxy) is 2. The highest BCUT2D eigenvalue weighted by molar-refractivity contribution is 7.19. The smallest absolute Gasteiger partial charge is 0.284 e. The SMILES string of the molecule is [C-]#[N+]c1c(N2CCOCC2)sc(C(=O)NOC2CCCCO2)c1-c1ccc(Cl)cc1Cl. The number of anilines is 1. The molecule has 1 amide bonds. The lowest BCUT2D eigenvalue weighted by Crippen LogP contribution is -2.35. The number of thiophene rings is 1. The fourth-order valence-electron chi connectivity index (χ4n) is 3.57. The molecule has 4 rings (SSSR count). The predicted molar refractivity (Wildman–Crippen MR) is 121 cm³/mol. The van der Waals surface area contributed by atoms with E-state index in [1.54, 1.807) is 18.2 Å². The monoisotopic (exact) mass is 481 g/mol. The number of nitrogens with zero attached hydrogens (tertiary/aromatic N) is 2. The number of carbonyl (C=O) groups is 1. The predicted octanol–water partition coefficient (Wildman–Crippen LogP) is 5.30. The summed E-state index contributed by atoms with van der Waals surface area (Å²) in [6.07, 6.45) is 2.20. The molecule has 2 saturated heterocycles. The molecule has 2 aliphatic heterocycles. The summed E-state index contributed by atoms with van der Waals surface area (Å²) >= 11 is 13.8. The highest BCUT2D eigenvalue weighted by atomic mass is 35.5. The average molecular weight is 482 g/mol. The molecule has 2 aromatic rings. The highest BCUT2D eigenvalue weighted by Crippen LogP contribution is 2.50. The molecular formula is C21H21Cl2N3O4S. The fraction of sp³-hybridized carbons (Fsp3) is 0.429. The summed E-state index contributed by atoms with van der Waals surface area (Å²) in [5, 5.41) is 1.57. The zero-order chi connectivity index (χ0) is 21.8. The van der Waals surface area contributed by atoms with E-state index in [-0.39, 0.29) is 0 Å². The van der Waals surface area contributed by atoms with Gasteiger partial charge in [-0.15, -0.1) is 11.3 Å². The second-order valence-corrected chi connectivity index (χ2v) is 8.98. The van der Waals surface area contributed by atoms with Crippen molar-refractivity contribution in [2.45, 2.75) is 25.6 Å². The Morgan fingerprint density at radius 1 is 1.26 bits per heavy atom. The summed E-state index contributed by atoms with van der Waals surface area (Å²) < 4.78 is 11.0. The number of morpholine rings is 1. The fourth-order valence-corrected chi connectivity index (χ4v) is 5.26. The Bertz CT molecular complexity index is 995. The van der Waals surface area contributed by atoms with E-state index >= 15 is 0 Å². The first-order valence-electron chi connectivity index (χ1n) is 9.98. The summed E-state index contributed by atoms with van der Waals surface area (Å²) in [5.41, 5.74) is 3.95. The molecule has 7 nitrogen and oxygen atoms in total. The number of hydroxylamine groups is 1. The second kappa shape index (κ2) is 10.2. The van der Waals surface area contributed by atoms with Gasteiger partial charge in [0.15, 0.2) is 6.29 Å². The third kappa shape index (κ3) is 4.98. The Hall–Kier alpha value is -1.86. The van der Waals surface area contributed by atoms with E-state index in [0.29, 0.717) is 71.1 Å². The van der Waals surface area contributed by atoms with Gasteiger partial charge in [-0.05, 0) is 30.5 Å². The normalized spacial score (nSPS) is 19.1. The van der Waals surface area contributed by atoms with Crippen LogP contribution < -0.4 is 10.4 Å². The van der Waals surface area contributed by atoms with Crippen molar-refractivity contribution >= 4 is 51.1 Å². The molecule has 1 atom stereocenters. The Morgan fingerprint density at radius 3 is 2.74 bits per heavy atom. The second-order valence-electron chi connectivity index (χ2n) is 7.14. The van der Waals surface area contributed by atoms with Gasteiger partial charge in [-0.25, -0.2) is 15.2 Å². The zero-order valence-electron chi connectivity index (χ0n) is 16.7. The van der Waals surface area contributed by atoms with Crippen molar-refractivity contribution in [3.05, 3.63) is 44.5 Å². The van der Waals surface area contributed by atoms with Crippen molar-refractivity contribution in [3.8, 4) is 11.1 Å². The van der Waals surface area contributed by atoms with Gasteiger partial charge < -0.3 is 14.4 Å². The van der Waals surface area contributed by atoms with Crippen molar-refractivity contribution < 1.29 is 19.1 Å². The average Bonchev–Trinajstić information content (AvgIpc) is 3.18. The van der Waals surface area contributed by atoms with Crippen LogP contribution in [0.15, 0.2) is 18.2 Å². The molecule has 3 heterocycles. The van der Waals surface area contributed by atoms with Crippen LogP contribution >= 0.6 is 34.5 Å². The van der Waals surface area contributed by atoms with Gasteiger partial charge in [-0.1, -0.05) is 29.3 Å². The van der Waals surface area contributed by atoms with E-state index in [2.05, 4.69) is 15.2 Å². The molecule has 2 aliphatic rings. The maximum absolute atomic E-state index is 13.1. The number of amides is 1. The molecule has 0 saturated carbocycles. The maximum Gasteiger partial charge on any atom is 0.284 e. The van der Waals surface area contributed by atoms with E-state index in [1.807, 2.05) is 0 Å². The third-order valence-electron chi connectivity index (χ3n) is 5.10. The highest BCUT2D eigenvalue weighted by Gasteiger charge is 2.29. The van der Waals surface area contributed by atoms with Gasteiger partial charge in [-0.3, -0.25) is 4.79 Å². The summed E-state index contributed by atoms with van der Waals surface area (Å²) in [4.78, 5) is 24.8. The minimum atomic E-state index is -0.473. The largest absolute Gasteiger partial charge is 0.378 e. The van der Waals surface area contributed by atoms with E-state index in [9.17, 15) is 4.79 Å². The molecule has 0 radical (unpaired) electrons. The van der Waals surface area contributed by atoms with Crippen LogP contribution in [-0.4, -0.2) is 45.1 Å². The third-order valence-corrected chi connectivity index (χ3v) is 6.89. The van der Waals surface area contributed by atoms with Gasteiger partial charge in [0.2, 0.25) is 5.69 Å². The van der Waals surface area contributed by atoms with E-state index in [1.165, 1.54) is 11.3 Å². The van der Waals surface area contributed by atoms with Crippen LogP contribution in [0, 0.1) is 6.57 Å². The first-order valence-corrected chi connectivity index (χ1v) is 11.6. The Kier molecular flexibility index (Phi) is 7.33. The van der Waals surface area contributed by atoms with E-state index < -0.39 is 12.2 Å². The van der Waals surface area contributed by atoms with Crippen molar-refractivity contribution in [2.75, 3.05) is 37.8 Å². The van der Waals surface area contributed by atoms with Crippen molar-refractivity contribution in [3.63, 3.8) is 0 Å². The van der Waals surface area contributed by atoms with E-state index in [4.69, 9.17) is 44.1 Å². The summed E-state index contributed by atoms with van der Waals surface area (Å²) in [6, 6.07) is 5.02. The molecule has 0 aliphatic carbocycles. The molecule has 0 spiro atoms. The van der Waals surface area contributed by atoms with Gasteiger partial charge in [0, 0.05) is 41.7 Å². The minimum absolute atomic E-state index is 0.354. The van der Waals surface area contributed by atoms with Crippen LogP contribution in [0.2, 0.25) is 10.0 Å². The molecule has 164 valence electrons. The summed E-state index contributed by atoms with van der Waals surface area (Å²) in [5.74, 6) is -0.440. The van der Waals surface area contributed by atoms with Gasteiger partial charge in [0.05, 0.1) is 29.7 Å². The van der Waals surface area contributed by atoms with Crippen molar-refractivity contribution in [1.82, 2.24) is 5.48 Å². The van der Waals surface area contributed by atoms with Gasteiger partial charge in [0.25, 0.3) is 5.91 Å². The van der Waals surface area contributed by atoms with Crippen LogP contribution in [0.4, 0.5) is 10.7 Å². The quantitative estimate of drug-likeness (QED) is 0.463. The lowest BCUT2D eigenvalue weighted by Gasteiger charge is -2.28. The van der Waals surface area contributed by atoms with Crippen molar-refractivity contribution in [1.29, 1.82) is 0 Å². The van der Waals surface area contributed by atoms with E-state index in [0.717, 1.165) is 17.8 Å². The summed E-state index contributed by atoms with van der Waals surface area (Å²) in [6.45, 7) is 10.9. The Labute approximate surface area is 194 Å². The molecule has 0 bridgehead atoms. The minimum Gasteiger partial charge on any atom is -0.378 e. The lowest BCUT2D eigenvalue weighted by atomic mass is 10.0. The number of hydrogen-bond donors (Lipinski definition) is 1. The van der Waals surface area contributed by atoms with Crippen LogP contribution in [0.25, 0.3) is 16.0 Å². The molecule has 1 unspecified atom stereocenters. The molecular weight excluding hydrogens is 461 g/mol. The van der Waals surface area contributed by atoms with Crippen molar-refractivity contribution in [2.24, 2.45) is 0 Å². The maximum atomic E-state index is 13.1. The standard InChI is InChI=1S/C21H21Cl2N3O4S/c1-24-18-17(14-6-5-13(22)12-15(14)23)19(31-21(18)26-7-10-28-11-8-26)20(27)25-30-16-4-2-3-9-29-16/h5-6,12,16H,2-4,7-11H2,(H,25,27). The van der Waals surface area contributed by atoms with Gasteiger partial charge in [0.1, 0.15) is 0 Å². The zero-order valence-corrected chi connectivity index (χ0v) is 19.0. The number of halogens is 2. The molecule has 2 fully saturated rings. The topological polar surface area (TPSA) is 64.4 Å². The Balaban J connectivity index is 1.72. The Morgan fingerprint density at radius 2 is 2.06 bits per heavy atom. The molecule has 10 heteroatoms. The van der Waals surface area contributed by atoms with Gasteiger partial charge in [-0.2, -0.15) is 0 Å². The number of hydrogen-bond acceptors (Lipinski definition) is 6. The van der Waals surface area contributed by atoms with Crippen LogP contribution in [0.1, 0.15) is 28.9 Å². The number of rotatable bonds is 5. The first-order chi connectivity index (χ1) is 15.1. The molecule has 1 aromatic heterocycles. The van der Waals surface area contributed by atoms with Crippen LogP contribution in [0.3, 0.4) is 0 Å². The van der Waals surface area contributed by atoms with Crippen LogP contribution in [-0.2, 0) is 14.3 Å². The lowest BCUT2D eigenvalue weighted by molar-refractivity contribution is -0.186. The number of carbonyl (C=O) groups excluding carboxylic acids is 1. The summed E-state index contributed by atoms with van der Waals surface area (Å²) in [7, 11) is 0. The first kappa shape index (κ1) is 22.3. The molecule has 1 aromatic carbocycles. The number of benzene rings is 1. The number of nitrogens with one attached hydrogen (secondary N) is 1. The van der Waals surface area contributed by atoms with Gasteiger partial charge >= 0.3 is 0 Å². The molecule has 1 N–H and O–H groups in total. The van der Waals surface area contributed by atoms with Crippen LogP contribution in [0.5, 0.6) is 0 Å². The molecule has 31 heavy (non-hydrogen) atoms.